The van der Waals surface area contributed by atoms with Gasteiger partial charge in [-0.25, -0.2) is 9.78 Å². The van der Waals surface area contributed by atoms with Crippen molar-refractivity contribution in [2.75, 3.05) is 7.05 Å². The summed E-state index contributed by atoms with van der Waals surface area (Å²) in [4.78, 5) is 29.0. The Kier molecular flexibility index (Phi) is 4.22. The van der Waals surface area contributed by atoms with Crippen molar-refractivity contribution in [3.05, 3.63) is 16.1 Å². The van der Waals surface area contributed by atoms with Crippen LogP contribution in [0, 0.1) is 12.8 Å². The highest BCUT2D eigenvalue weighted by atomic mass is 32.1. The lowest BCUT2D eigenvalue weighted by atomic mass is 10.0. The summed E-state index contributed by atoms with van der Waals surface area (Å²) in [5, 5.41) is 9.12. The van der Waals surface area contributed by atoms with Gasteiger partial charge in [0.05, 0.1) is 11.2 Å². The normalized spacial score (nSPS) is 12.5. The number of carboxylic acid groups (broad SMARTS) is 1. The van der Waals surface area contributed by atoms with Gasteiger partial charge >= 0.3 is 5.97 Å². The van der Waals surface area contributed by atoms with E-state index in [4.69, 9.17) is 5.11 Å². The van der Waals surface area contributed by atoms with Crippen LogP contribution >= 0.6 is 11.3 Å². The maximum atomic E-state index is 12.1. The summed E-state index contributed by atoms with van der Waals surface area (Å²) in [6.07, 6.45) is 0. The summed E-state index contributed by atoms with van der Waals surface area (Å²) in [7, 11) is 1.51. The van der Waals surface area contributed by atoms with Crippen molar-refractivity contribution in [3.63, 3.8) is 0 Å². The van der Waals surface area contributed by atoms with E-state index in [0.717, 1.165) is 0 Å². The van der Waals surface area contributed by atoms with Crippen molar-refractivity contribution in [2.24, 2.45) is 5.92 Å². The van der Waals surface area contributed by atoms with Crippen LogP contribution in [0.3, 0.4) is 0 Å². The lowest BCUT2D eigenvalue weighted by molar-refractivity contribution is -0.143. The second-order valence-electron chi connectivity index (χ2n) is 4.21. The number of amides is 1. The molecule has 1 rings (SSSR count). The van der Waals surface area contributed by atoms with E-state index < -0.39 is 12.0 Å². The molecule has 6 heteroatoms. The minimum Gasteiger partial charge on any atom is -0.480 e. The van der Waals surface area contributed by atoms with Crippen LogP contribution < -0.4 is 0 Å². The molecule has 0 spiro atoms. The van der Waals surface area contributed by atoms with Gasteiger partial charge in [-0.1, -0.05) is 13.8 Å². The van der Waals surface area contributed by atoms with E-state index >= 15 is 0 Å². The molecule has 1 atom stereocenters. The Morgan fingerprint density at radius 3 is 2.41 bits per heavy atom. The fourth-order valence-corrected chi connectivity index (χ4v) is 2.48. The molecule has 0 bridgehead atoms. The van der Waals surface area contributed by atoms with Crippen molar-refractivity contribution >= 4 is 23.2 Å². The molecule has 0 saturated heterocycles. The number of carboxylic acids is 1. The highest BCUT2D eigenvalue weighted by molar-refractivity contribution is 7.11. The molecule has 1 amide bonds. The van der Waals surface area contributed by atoms with Crippen molar-refractivity contribution in [1.29, 1.82) is 0 Å². The van der Waals surface area contributed by atoms with Gasteiger partial charge in [0.15, 0.2) is 0 Å². The largest absolute Gasteiger partial charge is 0.480 e. The van der Waals surface area contributed by atoms with Gasteiger partial charge in [-0.15, -0.1) is 11.3 Å². The third kappa shape index (κ3) is 2.82. The van der Waals surface area contributed by atoms with Gasteiger partial charge < -0.3 is 10.0 Å². The summed E-state index contributed by atoms with van der Waals surface area (Å²) in [5.74, 6) is -1.42. The van der Waals surface area contributed by atoms with E-state index in [1.807, 2.05) is 0 Å². The highest BCUT2D eigenvalue weighted by Crippen LogP contribution is 2.18. The SMILES string of the molecule is Cc1ncsc1C(=O)N(C)C(C(=O)O)C(C)C. The van der Waals surface area contributed by atoms with E-state index in [1.165, 1.54) is 23.3 Å². The Balaban J connectivity index is 2.96. The Morgan fingerprint density at radius 1 is 1.47 bits per heavy atom. The minimum absolute atomic E-state index is 0.144. The zero-order valence-electron chi connectivity index (χ0n) is 10.3. The number of aromatic nitrogens is 1. The first-order chi connectivity index (χ1) is 7.86. The number of likely N-dealkylation sites (N-methyl/N-ethyl adjacent to an activating group) is 1. The highest BCUT2D eigenvalue weighted by Gasteiger charge is 2.31. The molecule has 1 aromatic heterocycles. The fourth-order valence-electron chi connectivity index (χ4n) is 1.69. The zero-order valence-corrected chi connectivity index (χ0v) is 11.1. The molecule has 0 radical (unpaired) electrons. The quantitative estimate of drug-likeness (QED) is 0.889. The minimum atomic E-state index is -0.988. The monoisotopic (exact) mass is 256 g/mol. The number of nitrogens with zero attached hydrogens (tertiary/aromatic N) is 2. The number of aliphatic carboxylic acids is 1. The molecule has 5 nitrogen and oxygen atoms in total. The number of thiazole rings is 1. The van der Waals surface area contributed by atoms with Gasteiger partial charge in [-0.05, 0) is 12.8 Å². The molecule has 17 heavy (non-hydrogen) atoms. The lowest BCUT2D eigenvalue weighted by Crippen LogP contribution is -2.45. The topological polar surface area (TPSA) is 70.5 Å². The number of rotatable bonds is 4. The molecule has 1 unspecified atom stereocenters. The van der Waals surface area contributed by atoms with E-state index in [0.29, 0.717) is 10.6 Å². The fraction of sp³-hybridized carbons (Fsp3) is 0.545. The number of aryl methyl sites for hydroxylation is 1. The molecule has 0 aliphatic heterocycles. The predicted molar refractivity (Wildman–Crippen MR) is 65.2 cm³/mol. The third-order valence-electron chi connectivity index (χ3n) is 2.56. The standard InChI is InChI=1S/C11H16N2O3S/c1-6(2)8(11(15)16)13(4)10(14)9-7(3)12-5-17-9/h5-6,8H,1-4H3,(H,15,16). The van der Waals surface area contributed by atoms with Gasteiger partial charge in [-0.2, -0.15) is 0 Å². The van der Waals surface area contributed by atoms with E-state index in [9.17, 15) is 9.59 Å². The predicted octanol–water partition coefficient (Wildman–Crippen LogP) is 1.63. The lowest BCUT2D eigenvalue weighted by Gasteiger charge is -2.27. The van der Waals surface area contributed by atoms with Crippen molar-refractivity contribution in [2.45, 2.75) is 26.8 Å². The molecule has 0 saturated carbocycles. The first-order valence-electron chi connectivity index (χ1n) is 5.26. The number of carbonyl (C=O) groups excluding carboxylic acids is 1. The molecule has 0 aliphatic carbocycles. The summed E-state index contributed by atoms with van der Waals surface area (Å²) in [6.45, 7) is 5.30. The third-order valence-corrected chi connectivity index (χ3v) is 3.48. The first-order valence-corrected chi connectivity index (χ1v) is 6.14. The van der Waals surface area contributed by atoms with E-state index in [1.54, 1.807) is 26.3 Å². The average molecular weight is 256 g/mol. The molecular weight excluding hydrogens is 240 g/mol. The van der Waals surface area contributed by atoms with Crippen molar-refractivity contribution < 1.29 is 14.7 Å². The van der Waals surface area contributed by atoms with Crippen LogP contribution in [-0.4, -0.2) is 40.0 Å². The van der Waals surface area contributed by atoms with Crippen molar-refractivity contribution in [3.8, 4) is 0 Å². The maximum Gasteiger partial charge on any atom is 0.326 e. The number of hydrogen-bond acceptors (Lipinski definition) is 4. The molecular formula is C11H16N2O3S. The first kappa shape index (κ1) is 13.6. The molecule has 0 aromatic carbocycles. The Hall–Kier alpha value is -1.43. The summed E-state index contributed by atoms with van der Waals surface area (Å²) >= 11 is 1.23. The molecule has 94 valence electrons. The van der Waals surface area contributed by atoms with E-state index in [2.05, 4.69) is 4.98 Å². The van der Waals surface area contributed by atoms with Crippen LogP contribution in [0.15, 0.2) is 5.51 Å². The van der Waals surface area contributed by atoms with Gasteiger partial charge in [0, 0.05) is 7.05 Å². The van der Waals surface area contributed by atoms with E-state index in [-0.39, 0.29) is 11.8 Å². The molecule has 0 aliphatic rings. The second-order valence-corrected chi connectivity index (χ2v) is 5.06. The van der Waals surface area contributed by atoms with Gasteiger partial charge in [0.2, 0.25) is 0 Å². The van der Waals surface area contributed by atoms with Crippen LogP contribution in [0.5, 0.6) is 0 Å². The Labute approximate surface area is 104 Å². The summed E-state index contributed by atoms with van der Waals surface area (Å²) in [5.41, 5.74) is 2.22. The average Bonchev–Trinajstić information content (AvgIpc) is 2.62. The Bertz CT molecular complexity index is 428. The Morgan fingerprint density at radius 2 is 2.06 bits per heavy atom. The maximum absolute atomic E-state index is 12.1. The van der Waals surface area contributed by atoms with Gasteiger partial charge in [-0.3, -0.25) is 4.79 Å². The second kappa shape index (κ2) is 5.27. The molecule has 1 N–H and O–H groups in total. The molecule has 0 fully saturated rings. The van der Waals surface area contributed by atoms with Crippen molar-refractivity contribution in [1.82, 2.24) is 9.88 Å². The summed E-state index contributed by atoms with van der Waals surface area (Å²) in [6, 6.07) is -0.816. The van der Waals surface area contributed by atoms with Gasteiger partial charge in [0.25, 0.3) is 5.91 Å². The van der Waals surface area contributed by atoms with Crippen LogP contribution in [-0.2, 0) is 4.79 Å². The van der Waals surface area contributed by atoms with Crippen LogP contribution in [0.1, 0.15) is 29.2 Å². The summed E-state index contributed by atoms with van der Waals surface area (Å²) < 4.78 is 0. The molecule has 1 heterocycles. The smallest absolute Gasteiger partial charge is 0.326 e. The van der Waals surface area contributed by atoms with Crippen LogP contribution in [0.25, 0.3) is 0 Å². The van der Waals surface area contributed by atoms with Crippen LogP contribution in [0.4, 0.5) is 0 Å². The molecule has 1 aromatic rings. The number of carbonyl (C=O) groups is 2. The number of hydrogen-bond donors (Lipinski definition) is 1. The van der Waals surface area contributed by atoms with Gasteiger partial charge in [0.1, 0.15) is 10.9 Å². The zero-order chi connectivity index (χ0) is 13.2. The van der Waals surface area contributed by atoms with Crippen LogP contribution in [0.2, 0.25) is 0 Å².